The summed E-state index contributed by atoms with van der Waals surface area (Å²) in [7, 11) is 0. The number of aromatic nitrogens is 6. The molecule has 0 saturated heterocycles. The van der Waals surface area contributed by atoms with Crippen LogP contribution in [0.5, 0.6) is 0 Å². The van der Waals surface area contributed by atoms with Crippen molar-refractivity contribution in [1.82, 2.24) is 29.5 Å². The van der Waals surface area contributed by atoms with E-state index in [0.29, 0.717) is 33.5 Å². The Balaban J connectivity index is 1.74. The van der Waals surface area contributed by atoms with Gasteiger partial charge in [0.1, 0.15) is 28.9 Å². The molecule has 2 N–H and O–H groups in total. The van der Waals surface area contributed by atoms with Gasteiger partial charge < -0.3 is 10.3 Å². The molecule has 5 aromatic rings. The van der Waals surface area contributed by atoms with Gasteiger partial charge >= 0.3 is 0 Å². The zero-order chi connectivity index (χ0) is 22.4. The molecular formula is C22H17ClFN7O. The number of anilines is 1. The van der Waals surface area contributed by atoms with Crippen LogP contribution in [0.3, 0.4) is 0 Å². The van der Waals surface area contributed by atoms with Crippen LogP contribution in [0.4, 0.5) is 10.2 Å². The molecule has 0 aliphatic rings. The molecule has 160 valence electrons. The van der Waals surface area contributed by atoms with E-state index in [1.54, 1.807) is 24.3 Å². The number of hydrogen-bond acceptors (Lipinski definition) is 6. The Bertz CT molecular complexity index is 1520. The topological polar surface area (TPSA) is 101 Å². The Kier molecular flexibility index (Phi) is 4.82. The standard InChI is InChI=1S/C22H17ClFN7O/c1-11-6-13(23)8-14(7-11)31-21(30-16-5-3-4-15(24)17(16)22(31)32)12(2)29-20-18-19(26-9-25-18)27-10-28-20/h3-10,12H,1-2H3,(H2,25,26,27,28,29). The maximum absolute atomic E-state index is 14.6. The number of rotatable bonds is 4. The molecule has 0 spiro atoms. The Hall–Kier alpha value is -3.85. The molecule has 32 heavy (non-hydrogen) atoms. The van der Waals surface area contributed by atoms with Gasteiger partial charge in [-0.05, 0) is 49.7 Å². The number of benzene rings is 2. The smallest absolute Gasteiger partial charge is 0.269 e. The van der Waals surface area contributed by atoms with Crippen LogP contribution in [0, 0.1) is 12.7 Å². The van der Waals surface area contributed by atoms with E-state index in [1.165, 1.54) is 29.4 Å². The number of halogens is 2. The average molecular weight is 450 g/mol. The van der Waals surface area contributed by atoms with Crippen molar-refractivity contribution in [2.75, 3.05) is 5.32 Å². The molecule has 0 aliphatic heterocycles. The van der Waals surface area contributed by atoms with Crippen LogP contribution in [0.15, 0.2) is 53.8 Å². The number of hydrogen-bond donors (Lipinski definition) is 2. The third-order valence-corrected chi connectivity index (χ3v) is 5.34. The summed E-state index contributed by atoms with van der Waals surface area (Å²) in [4.78, 5) is 33.7. The molecule has 1 unspecified atom stereocenters. The SMILES string of the molecule is Cc1cc(Cl)cc(-n2c(C(C)Nc3ncnc4nc[nH]c34)nc3cccc(F)c3c2=O)c1. The van der Waals surface area contributed by atoms with Crippen LogP contribution < -0.4 is 10.9 Å². The average Bonchev–Trinajstić information content (AvgIpc) is 3.22. The summed E-state index contributed by atoms with van der Waals surface area (Å²) >= 11 is 6.26. The fourth-order valence-electron chi connectivity index (χ4n) is 3.74. The number of imidazole rings is 1. The Labute approximate surface area is 186 Å². The third-order valence-electron chi connectivity index (χ3n) is 5.12. The summed E-state index contributed by atoms with van der Waals surface area (Å²) in [6.45, 7) is 3.71. The van der Waals surface area contributed by atoms with Crippen molar-refractivity contribution < 1.29 is 4.39 Å². The summed E-state index contributed by atoms with van der Waals surface area (Å²) in [5, 5.41) is 3.64. The van der Waals surface area contributed by atoms with Gasteiger partial charge in [0.15, 0.2) is 11.5 Å². The zero-order valence-corrected chi connectivity index (χ0v) is 17.9. The van der Waals surface area contributed by atoms with Crippen molar-refractivity contribution in [3.63, 3.8) is 0 Å². The first kappa shape index (κ1) is 20.1. The van der Waals surface area contributed by atoms with Gasteiger partial charge in [-0.2, -0.15) is 0 Å². The van der Waals surface area contributed by atoms with Crippen LogP contribution in [-0.4, -0.2) is 29.5 Å². The number of H-pyrrole nitrogens is 1. The highest BCUT2D eigenvalue weighted by Crippen LogP contribution is 2.25. The predicted molar refractivity (Wildman–Crippen MR) is 121 cm³/mol. The van der Waals surface area contributed by atoms with Gasteiger partial charge in [-0.1, -0.05) is 17.7 Å². The monoisotopic (exact) mass is 449 g/mol. The van der Waals surface area contributed by atoms with Gasteiger partial charge in [-0.25, -0.2) is 24.3 Å². The Morgan fingerprint density at radius 3 is 2.84 bits per heavy atom. The first-order valence-corrected chi connectivity index (χ1v) is 10.2. The minimum Gasteiger partial charge on any atom is -0.358 e. The lowest BCUT2D eigenvalue weighted by Crippen LogP contribution is -2.28. The fourth-order valence-corrected chi connectivity index (χ4v) is 4.02. The minimum atomic E-state index is -0.630. The number of fused-ring (bicyclic) bond motifs is 2. The number of aromatic amines is 1. The predicted octanol–water partition coefficient (Wildman–Crippen LogP) is 4.33. The molecule has 0 aliphatic carbocycles. The molecule has 3 heterocycles. The summed E-state index contributed by atoms with van der Waals surface area (Å²) in [6, 6.07) is 9.13. The molecule has 2 aromatic carbocycles. The van der Waals surface area contributed by atoms with Crippen molar-refractivity contribution in [3.8, 4) is 5.69 Å². The molecule has 3 aromatic heterocycles. The lowest BCUT2D eigenvalue weighted by Gasteiger charge is -2.20. The number of nitrogens with zero attached hydrogens (tertiary/aromatic N) is 5. The van der Waals surface area contributed by atoms with Crippen LogP contribution in [0.25, 0.3) is 27.8 Å². The molecule has 0 amide bonds. The minimum absolute atomic E-state index is 0.0842. The highest BCUT2D eigenvalue weighted by Gasteiger charge is 2.21. The second-order valence-electron chi connectivity index (χ2n) is 7.42. The number of nitrogens with one attached hydrogen (secondary N) is 2. The molecule has 8 nitrogen and oxygen atoms in total. The van der Waals surface area contributed by atoms with E-state index >= 15 is 0 Å². The van der Waals surface area contributed by atoms with Crippen molar-refractivity contribution in [1.29, 1.82) is 0 Å². The summed E-state index contributed by atoms with van der Waals surface area (Å²) in [5.41, 5.74) is 2.23. The van der Waals surface area contributed by atoms with E-state index < -0.39 is 17.4 Å². The van der Waals surface area contributed by atoms with E-state index in [1.807, 2.05) is 13.8 Å². The maximum atomic E-state index is 14.6. The Morgan fingerprint density at radius 1 is 1.19 bits per heavy atom. The van der Waals surface area contributed by atoms with E-state index in [-0.39, 0.29) is 10.9 Å². The first-order chi connectivity index (χ1) is 15.4. The fraction of sp³-hybridized carbons (Fsp3) is 0.136. The highest BCUT2D eigenvalue weighted by atomic mass is 35.5. The quantitative estimate of drug-likeness (QED) is 0.423. The Morgan fingerprint density at radius 2 is 2.03 bits per heavy atom. The molecule has 0 saturated carbocycles. The van der Waals surface area contributed by atoms with Crippen LogP contribution in [0.2, 0.25) is 5.02 Å². The molecule has 5 rings (SSSR count). The van der Waals surface area contributed by atoms with Gasteiger partial charge in [-0.3, -0.25) is 9.36 Å². The van der Waals surface area contributed by atoms with Crippen molar-refractivity contribution >= 4 is 39.5 Å². The van der Waals surface area contributed by atoms with E-state index in [0.717, 1.165) is 5.56 Å². The van der Waals surface area contributed by atoms with Gasteiger partial charge in [0.05, 0.1) is 23.6 Å². The van der Waals surface area contributed by atoms with Gasteiger partial charge in [0.2, 0.25) is 0 Å². The van der Waals surface area contributed by atoms with Crippen LogP contribution in [-0.2, 0) is 0 Å². The van der Waals surface area contributed by atoms with Gasteiger partial charge in [0.25, 0.3) is 5.56 Å². The molecule has 0 bridgehead atoms. The van der Waals surface area contributed by atoms with Crippen LogP contribution >= 0.6 is 11.6 Å². The summed E-state index contributed by atoms with van der Waals surface area (Å²) in [6.07, 6.45) is 2.92. The van der Waals surface area contributed by atoms with Gasteiger partial charge in [0, 0.05) is 5.02 Å². The molecule has 1 atom stereocenters. The second-order valence-corrected chi connectivity index (χ2v) is 7.86. The number of aryl methyl sites for hydroxylation is 1. The highest BCUT2D eigenvalue weighted by molar-refractivity contribution is 6.30. The molecular weight excluding hydrogens is 433 g/mol. The van der Waals surface area contributed by atoms with Gasteiger partial charge in [-0.15, -0.1) is 0 Å². The zero-order valence-electron chi connectivity index (χ0n) is 17.1. The third kappa shape index (κ3) is 3.36. The molecule has 0 fully saturated rings. The van der Waals surface area contributed by atoms with E-state index in [9.17, 15) is 9.18 Å². The largest absolute Gasteiger partial charge is 0.358 e. The lowest BCUT2D eigenvalue weighted by molar-refractivity contribution is 0.635. The second kappa shape index (κ2) is 7.69. The summed E-state index contributed by atoms with van der Waals surface area (Å²) in [5.74, 6) is 0.248. The lowest BCUT2D eigenvalue weighted by atomic mass is 10.1. The first-order valence-electron chi connectivity index (χ1n) is 9.81. The van der Waals surface area contributed by atoms with E-state index in [4.69, 9.17) is 11.6 Å². The van der Waals surface area contributed by atoms with Crippen molar-refractivity contribution in [3.05, 3.63) is 81.6 Å². The molecule has 10 heteroatoms. The summed E-state index contributed by atoms with van der Waals surface area (Å²) < 4.78 is 16.0. The maximum Gasteiger partial charge on any atom is 0.269 e. The van der Waals surface area contributed by atoms with Crippen LogP contribution in [0.1, 0.15) is 24.4 Å². The molecule has 0 radical (unpaired) electrons. The van der Waals surface area contributed by atoms with Crippen molar-refractivity contribution in [2.24, 2.45) is 0 Å². The normalized spacial score (nSPS) is 12.4. The van der Waals surface area contributed by atoms with Crippen molar-refractivity contribution in [2.45, 2.75) is 19.9 Å². The van der Waals surface area contributed by atoms with E-state index in [2.05, 4.69) is 30.2 Å².